The molecule has 7 nitrogen and oxygen atoms in total. The fraction of sp³-hybridized carbons (Fsp3) is 0.588. The van der Waals surface area contributed by atoms with Crippen molar-refractivity contribution in [2.24, 2.45) is 0 Å². The summed E-state index contributed by atoms with van der Waals surface area (Å²) in [5.74, 6) is -0.111. The molecule has 0 atom stereocenters. The van der Waals surface area contributed by atoms with Gasteiger partial charge < -0.3 is 15.1 Å². The number of hydrogen-bond acceptors (Lipinski definition) is 5. The zero-order chi connectivity index (χ0) is 17.1. The molecule has 2 aliphatic heterocycles. The quantitative estimate of drug-likeness (QED) is 0.674. The Balaban J connectivity index is 1.79. The molecule has 0 aromatic heterocycles. The number of hydrogen-bond donors (Lipinski definition) is 1. The number of carbonyl (C=O) groups excluding carboxylic acids is 1. The highest BCUT2D eigenvalue weighted by molar-refractivity contribution is 5.96. The van der Waals surface area contributed by atoms with Crippen LogP contribution in [0.2, 0.25) is 0 Å². The summed E-state index contributed by atoms with van der Waals surface area (Å²) in [6.45, 7) is 3.05. The van der Waals surface area contributed by atoms with Gasteiger partial charge in [-0.25, -0.2) is 0 Å². The van der Waals surface area contributed by atoms with Crippen molar-refractivity contribution in [2.45, 2.75) is 31.7 Å². The van der Waals surface area contributed by atoms with Crippen LogP contribution in [0.15, 0.2) is 18.2 Å². The molecule has 0 radical (unpaired) electrons. The van der Waals surface area contributed by atoms with Crippen LogP contribution in [0.4, 0.5) is 11.4 Å². The monoisotopic (exact) mass is 332 g/mol. The van der Waals surface area contributed by atoms with Crippen LogP contribution in [0.3, 0.4) is 0 Å². The number of benzene rings is 1. The largest absolute Gasteiger partial charge is 0.366 e. The smallest absolute Gasteiger partial charge is 0.293 e. The molecule has 1 amide bonds. The van der Waals surface area contributed by atoms with E-state index in [1.165, 1.54) is 6.07 Å². The highest BCUT2D eigenvalue weighted by Gasteiger charge is 2.27. The predicted molar refractivity (Wildman–Crippen MR) is 92.5 cm³/mol. The van der Waals surface area contributed by atoms with E-state index in [1.54, 1.807) is 17.0 Å². The third-order valence-electron chi connectivity index (χ3n) is 5.06. The second kappa shape index (κ2) is 7.17. The van der Waals surface area contributed by atoms with Crippen LogP contribution < -0.4 is 10.2 Å². The summed E-state index contributed by atoms with van der Waals surface area (Å²) in [6, 6.07) is 5.35. The Bertz CT molecular complexity index is 620. The van der Waals surface area contributed by atoms with Crippen molar-refractivity contribution in [3.05, 3.63) is 33.9 Å². The second-order valence-electron chi connectivity index (χ2n) is 6.51. The predicted octanol–water partition coefficient (Wildman–Crippen LogP) is 2.02. The lowest BCUT2D eigenvalue weighted by Crippen LogP contribution is -2.43. The van der Waals surface area contributed by atoms with Gasteiger partial charge in [-0.2, -0.15) is 0 Å². The molecular formula is C17H24N4O3. The van der Waals surface area contributed by atoms with Gasteiger partial charge in [-0.15, -0.1) is 0 Å². The summed E-state index contributed by atoms with van der Waals surface area (Å²) in [5, 5.41) is 14.7. The summed E-state index contributed by atoms with van der Waals surface area (Å²) in [5.41, 5.74) is 1.07. The molecule has 0 bridgehead atoms. The van der Waals surface area contributed by atoms with E-state index in [0.717, 1.165) is 38.8 Å². The van der Waals surface area contributed by atoms with Crippen LogP contribution in [-0.4, -0.2) is 55.0 Å². The normalized spacial score (nSPS) is 18.9. The molecular weight excluding hydrogens is 308 g/mol. The first-order valence-corrected chi connectivity index (χ1v) is 8.60. The van der Waals surface area contributed by atoms with Crippen LogP contribution in [0.5, 0.6) is 0 Å². The summed E-state index contributed by atoms with van der Waals surface area (Å²) in [7, 11) is 1.93. The van der Waals surface area contributed by atoms with Crippen LogP contribution in [0, 0.1) is 10.1 Å². The molecule has 1 N–H and O–H groups in total. The van der Waals surface area contributed by atoms with Gasteiger partial charge in [0.25, 0.3) is 11.6 Å². The first kappa shape index (κ1) is 16.7. The molecule has 130 valence electrons. The Hall–Kier alpha value is -2.15. The van der Waals surface area contributed by atoms with E-state index in [2.05, 4.69) is 5.32 Å². The summed E-state index contributed by atoms with van der Waals surface area (Å²) in [4.78, 5) is 27.6. The molecule has 3 rings (SSSR count). The first-order valence-electron chi connectivity index (χ1n) is 8.60. The van der Waals surface area contributed by atoms with Crippen LogP contribution >= 0.6 is 0 Å². The highest BCUT2D eigenvalue weighted by atomic mass is 16.6. The Labute approximate surface area is 141 Å². The van der Waals surface area contributed by atoms with Gasteiger partial charge in [-0.05, 0) is 44.9 Å². The number of anilines is 1. The average Bonchev–Trinajstić information content (AvgIpc) is 3.15. The number of rotatable bonds is 4. The summed E-state index contributed by atoms with van der Waals surface area (Å²) in [6.07, 6.45) is 3.93. The standard InChI is InChI=1S/C17H24N4O3/c1-18-14-6-10-20(11-7-14)17(22)13-4-5-15(16(12-13)21(23)24)19-8-2-3-9-19/h4-5,12,14,18H,2-3,6-11H2,1H3. The van der Waals surface area contributed by atoms with E-state index >= 15 is 0 Å². The van der Waals surface area contributed by atoms with Gasteiger partial charge in [0.15, 0.2) is 0 Å². The Morgan fingerprint density at radius 2 is 1.88 bits per heavy atom. The van der Waals surface area contributed by atoms with E-state index in [0.29, 0.717) is 30.4 Å². The van der Waals surface area contributed by atoms with E-state index in [4.69, 9.17) is 0 Å². The number of nitrogens with one attached hydrogen (secondary N) is 1. The maximum Gasteiger partial charge on any atom is 0.293 e. The Kier molecular flexibility index (Phi) is 4.99. The molecule has 24 heavy (non-hydrogen) atoms. The van der Waals surface area contributed by atoms with Gasteiger partial charge in [0, 0.05) is 43.9 Å². The van der Waals surface area contributed by atoms with E-state index in [-0.39, 0.29) is 16.5 Å². The molecule has 0 spiro atoms. The molecule has 2 heterocycles. The van der Waals surface area contributed by atoms with Gasteiger partial charge in [0.2, 0.25) is 0 Å². The Morgan fingerprint density at radius 1 is 1.21 bits per heavy atom. The lowest BCUT2D eigenvalue weighted by molar-refractivity contribution is -0.384. The van der Waals surface area contributed by atoms with Crippen molar-refractivity contribution in [1.82, 2.24) is 10.2 Å². The molecule has 2 saturated heterocycles. The van der Waals surface area contributed by atoms with Gasteiger partial charge in [0.05, 0.1) is 4.92 Å². The molecule has 0 unspecified atom stereocenters. The van der Waals surface area contributed by atoms with Gasteiger partial charge in [-0.3, -0.25) is 14.9 Å². The number of amides is 1. The third-order valence-corrected chi connectivity index (χ3v) is 5.06. The van der Waals surface area contributed by atoms with Gasteiger partial charge >= 0.3 is 0 Å². The zero-order valence-electron chi connectivity index (χ0n) is 14.0. The summed E-state index contributed by atoms with van der Waals surface area (Å²) < 4.78 is 0. The lowest BCUT2D eigenvalue weighted by atomic mass is 10.0. The van der Waals surface area contributed by atoms with Gasteiger partial charge in [-0.1, -0.05) is 0 Å². The number of nitro groups is 1. The van der Waals surface area contributed by atoms with E-state index < -0.39 is 0 Å². The number of nitro benzene ring substituents is 1. The van der Waals surface area contributed by atoms with Crippen LogP contribution in [0.1, 0.15) is 36.0 Å². The van der Waals surface area contributed by atoms with Crippen molar-refractivity contribution in [3.63, 3.8) is 0 Å². The zero-order valence-corrected chi connectivity index (χ0v) is 14.0. The molecule has 0 saturated carbocycles. The minimum atomic E-state index is -0.377. The molecule has 1 aromatic carbocycles. The van der Waals surface area contributed by atoms with Crippen LogP contribution in [-0.2, 0) is 0 Å². The topological polar surface area (TPSA) is 78.7 Å². The van der Waals surface area contributed by atoms with Gasteiger partial charge in [0.1, 0.15) is 5.69 Å². The van der Waals surface area contributed by atoms with Crippen molar-refractivity contribution >= 4 is 17.3 Å². The third kappa shape index (κ3) is 3.36. The summed E-state index contributed by atoms with van der Waals surface area (Å²) >= 11 is 0. The van der Waals surface area contributed by atoms with Crippen molar-refractivity contribution < 1.29 is 9.72 Å². The maximum absolute atomic E-state index is 12.7. The molecule has 1 aromatic rings. The molecule has 7 heteroatoms. The number of piperidine rings is 1. The van der Waals surface area contributed by atoms with E-state index in [9.17, 15) is 14.9 Å². The minimum absolute atomic E-state index is 0.0351. The highest BCUT2D eigenvalue weighted by Crippen LogP contribution is 2.32. The average molecular weight is 332 g/mol. The van der Waals surface area contributed by atoms with Crippen molar-refractivity contribution in [2.75, 3.05) is 38.1 Å². The van der Waals surface area contributed by atoms with Crippen molar-refractivity contribution in [3.8, 4) is 0 Å². The molecule has 2 aliphatic rings. The Morgan fingerprint density at radius 3 is 2.46 bits per heavy atom. The fourth-order valence-electron chi connectivity index (χ4n) is 3.58. The number of likely N-dealkylation sites (tertiary alicyclic amines) is 1. The van der Waals surface area contributed by atoms with E-state index in [1.807, 2.05) is 11.9 Å². The SMILES string of the molecule is CNC1CCN(C(=O)c2ccc(N3CCCC3)c([N+](=O)[O-])c2)CC1. The molecule has 2 fully saturated rings. The first-order chi connectivity index (χ1) is 11.6. The lowest BCUT2D eigenvalue weighted by Gasteiger charge is -2.32. The van der Waals surface area contributed by atoms with Crippen molar-refractivity contribution in [1.29, 1.82) is 0 Å². The fourth-order valence-corrected chi connectivity index (χ4v) is 3.58. The number of carbonyl (C=O) groups is 1. The maximum atomic E-state index is 12.7. The number of nitrogens with zero attached hydrogens (tertiary/aromatic N) is 3. The second-order valence-corrected chi connectivity index (χ2v) is 6.51. The minimum Gasteiger partial charge on any atom is -0.366 e. The molecule has 0 aliphatic carbocycles. The van der Waals surface area contributed by atoms with Crippen LogP contribution in [0.25, 0.3) is 0 Å².